The number of rotatable bonds is 7. The number of amides is 2. The van der Waals surface area contributed by atoms with E-state index >= 15 is 0 Å². The van der Waals surface area contributed by atoms with Crippen LogP contribution in [0.5, 0.6) is 0 Å². The van der Waals surface area contributed by atoms with E-state index in [9.17, 15) is 14.9 Å². The largest absolute Gasteiger partial charge is 0.378 e. The van der Waals surface area contributed by atoms with E-state index in [0.29, 0.717) is 39.3 Å². The van der Waals surface area contributed by atoms with Crippen molar-refractivity contribution in [2.45, 2.75) is 70.8 Å². The summed E-state index contributed by atoms with van der Waals surface area (Å²) in [7, 11) is 0. The van der Waals surface area contributed by atoms with Gasteiger partial charge in [0.05, 0.1) is 24.7 Å². The van der Waals surface area contributed by atoms with Crippen molar-refractivity contribution in [2.75, 3.05) is 45.9 Å². The highest BCUT2D eigenvalue weighted by atomic mass is 16.5. The topological polar surface area (TPSA) is 85.7 Å². The first-order chi connectivity index (χ1) is 14.4. The van der Waals surface area contributed by atoms with Crippen LogP contribution >= 0.6 is 0 Å². The summed E-state index contributed by atoms with van der Waals surface area (Å²) >= 11 is 0. The maximum Gasteiger partial charge on any atom is 0.228 e. The van der Waals surface area contributed by atoms with Crippen molar-refractivity contribution >= 4 is 11.8 Å². The number of likely N-dealkylation sites (tertiary alicyclic amines) is 1. The molecule has 0 aromatic heterocycles. The van der Waals surface area contributed by atoms with Crippen LogP contribution in [0.3, 0.4) is 0 Å². The SMILES string of the molecule is CCCN1CCC(C#N)(NC(=O)C(C)(CC(=O)N2CCOCC2)C2CCCCC2)C1. The van der Waals surface area contributed by atoms with Crippen molar-refractivity contribution < 1.29 is 14.3 Å². The summed E-state index contributed by atoms with van der Waals surface area (Å²) in [5.41, 5.74) is -1.62. The van der Waals surface area contributed by atoms with Crippen LogP contribution in [-0.4, -0.2) is 73.1 Å². The van der Waals surface area contributed by atoms with Crippen LogP contribution in [0.2, 0.25) is 0 Å². The Balaban J connectivity index is 1.76. The molecule has 0 aromatic carbocycles. The molecule has 7 heteroatoms. The van der Waals surface area contributed by atoms with E-state index in [-0.39, 0.29) is 24.2 Å². The summed E-state index contributed by atoms with van der Waals surface area (Å²) in [6.07, 6.45) is 7.24. The second kappa shape index (κ2) is 10.1. The Labute approximate surface area is 181 Å². The Morgan fingerprint density at radius 3 is 2.53 bits per heavy atom. The molecule has 0 bridgehead atoms. The van der Waals surface area contributed by atoms with E-state index in [1.165, 1.54) is 6.42 Å². The Morgan fingerprint density at radius 2 is 1.90 bits per heavy atom. The third-order valence-electron chi connectivity index (χ3n) is 7.36. The second-order valence-corrected chi connectivity index (χ2v) is 9.60. The molecule has 2 atom stereocenters. The van der Waals surface area contributed by atoms with Crippen molar-refractivity contribution in [1.82, 2.24) is 15.1 Å². The van der Waals surface area contributed by atoms with Gasteiger partial charge in [0.2, 0.25) is 11.8 Å². The standard InChI is InChI=1S/C23H38N4O3/c1-3-10-26-11-9-23(17-24,18-26)25-21(29)22(2,19-7-5-4-6-8-19)16-20(28)27-12-14-30-15-13-27/h19H,3-16,18H2,1-2H3,(H,25,29). The highest BCUT2D eigenvalue weighted by Crippen LogP contribution is 2.42. The lowest BCUT2D eigenvalue weighted by Gasteiger charge is -2.41. The Bertz CT molecular complexity index is 651. The Kier molecular flexibility index (Phi) is 7.75. The van der Waals surface area contributed by atoms with E-state index in [0.717, 1.165) is 45.2 Å². The quantitative estimate of drug-likeness (QED) is 0.686. The Morgan fingerprint density at radius 1 is 1.20 bits per heavy atom. The molecule has 1 saturated carbocycles. The molecule has 2 aliphatic heterocycles. The molecular weight excluding hydrogens is 380 g/mol. The highest BCUT2D eigenvalue weighted by molar-refractivity contribution is 5.89. The molecule has 1 aliphatic carbocycles. The van der Waals surface area contributed by atoms with Crippen molar-refractivity contribution in [3.05, 3.63) is 0 Å². The lowest BCUT2D eigenvalue weighted by Crippen LogP contribution is -2.57. The molecule has 2 amide bonds. The molecule has 0 aromatic rings. The van der Waals surface area contributed by atoms with E-state index in [1.54, 1.807) is 0 Å². The zero-order valence-corrected chi connectivity index (χ0v) is 18.8. The predicted octanol–water partition coefficient (Wildman–Crippen LogP) is 2.32. The van der Waals surface area contributed by atoms with Gasteiger partial charge in [-0.3, -0.25) is 14.5 Å². The van der Waals surface area contributed by atoms with Crippen molar-refractivity contribution in [1.29, 1.82) is 5.26 Å². The molecule has 2 heterocycles. The lowest BCUT2D eigenvalue weighted by molar-refractivity contribution is -0.147. The molecule has 7 nitrogen and oxygen atoms in total. The number of morpholine rings is 1. The van der Waals surface area contributed by atoms with Crippen molar-refractivity contribution in [3.8, 4) is 6.07 Å². The normalized spacial score (nSPS) is 28.0. The summed E-state index contributed by atoms with van der Waals surface area (Å²) in [6, 6.07) is 2.40. The van der Waals surface area contributed by atoms with Gasteiger partial charge in [0.1, 0.15) is 5.54 Å². The summed E-state index contributed by atoms with van der Waals surface area (Å²) in [6.45, 7) is 8.73. The number of ether oxygens (including phenoxy) is 1. The number of hydrogen-bond donors (Lipinski definition) is 1. The average Bonchev–Trinajstić information content (AvgIpc) is 3.18. The maximum absolute atomic E-state index is 13.7. The molecule has 30 heavy (non-hydrogen) atoms. The number of nitrogens with zero attached hydrogens (tertiary/aromatic N) is 3. The van der Waals surface area contributed by atoms with Gasteiger partial charge in [-0.1, -0.05) is 26.2 Å². The fourth-order valence-corrected chi connectivity index (χ4v) is 5.37. The lowest BCUT2D eigenvalue weighted by atomic mass is 9.67. The van der Waals surface area contributed by atoms with Gasteiger partial charge in [-0.2, -0.15) is 5.26 Å². The van der Waals surface area contributed by atoms with Crippen LogP contribution in [0.25, 0.3) is 0 Å². The second-order valence-electron chi connectivity index (χ2n) is 9.60. The monoisotopic (exact) mass is 418 g/mol. The third-order valence-corrected chi connectivity index (χ3v) is 7.36. The molecule has 168 valence electrons. The van der Waals surface area contributed by atoms with E-state index in [4.69, 9.17) is 4.74 Å². The van der Waals surface area contributed by atoms with Gasteiger partial charge < -0.3 is 15.0 Å². The molecule has 3 aliphatic rings. The van der Waals surface area contributed by atoms with Crippen molar-refractivity contribution in [3.63, 3.8) is 0 Å². The number of hydrogen-bond acceptors (Lipinski definition) is 5. The number of nitriles is 1. The van der Waals surface area contributed by atoms with Crippen LogP contribution in [0, 0.1) is 22.7 Å². The fourth-order valence-electron chi connectivity index (χ4n) is 5.37. The first kappa shape index (κ1) is 23.0. The van der Waals surface area contributed by atoms with Gasteiger partial charge in [-0.25, -0.2) is 0 Å². The minimum absolute atomic E-state index is 0.0339. The molecule has 2 saturated heterocycles. The number of nitrogens with one attached hydrogen (secondary N) is 1. The van der Waals surface area contributed by atoms with Gasteiger partial charge in [0.15, 0.2) is 0 Å². The number of carbonyl (C=O) groups is 2. The molecule has 3 fully saturated rings. The van der Waals surface area contributed by atoms with Crippen LogP contribution in [-0.2, 0) is 14.3 Å². The van der Waals surface area contributed by atoms with Gasteiger partial charge >= 0.3 is 0 Å². The molecule has 3 rings (SSSR count). The highest BCUT2D eigenvalue weighted by Gasteiger charge is 2.48. The molecule has 1 N–H and O–H groups in total. The van der Waals surface area contributed by atoms with Gasteiger partial charge in [0.25, 0.3) is 0 Å². The number of carbonyl (C=O) groups excluding carboxylic acids is 2. The van der Waals surface area contributed by atoms with E-state index < -0.39 is 11.0 Å². The summed E-state index contributed by atoms with van der Waals surface area (Å²) in [5.74, 6) is 0.0996. The van der Waals surface area contributed by atoms with Crippen molar-refractivity contribution in [2.24, 2.45) is 11.3 Å². The van der Waals surface area contributed by atoms with Gasteiger partial charge in [-0.15, -0.1) is 0 Å². The third kappa shape index (κ3) is 5.15. The minimum Gasteiger partial charge on any atom is -0.378 e. The molecular formula is C23H38N4O3. The maximum atomic E-state index is 13.7. The van der Waals surface area contributed by atoms with Gasteiger partial charge in [-0.05, 0) is 45.1 Å². The zero-order chi connectivity index (χ0) is 21.6. The molecule has 2 unspecified atom stereocenters. The minimum atomic E-state index is -0.843. The molecule has 0 radical (unpaired) electrons. The zero-order valence-electron chi connectivity index (χ0n) is 18.8. The predicted molar refractivity (Wildman–Crippen MR) is 115 cm³/mol. The Hall–Kier alpha value is -1.65. The van der Waals surface area contributed by atoms with E-state index in [2.05, 4.69) is 23.2 Å². The van der Waals surface area contributed by atoms with Gasteiger partial charge in [0, 0.05) is 32.6 Å². The van der Waals surface area contributed by atoms with Crippen LogP contribution in [0.4, 0.5) is 0 Å². The van der Waals surface area contributed by atoms with Crippen LogP contribution < -0.4 is 5.32 Å². The first-order valence-electron chi connectivity index (χ1n) is 11.7. The summed E-state index contributed by atoms with van der Waals surface area (Å²) in [4.78, 5) is 30.9. The molecule has 0 spiro atoms. The average molecular weight is 419 g/mol. The first-order valence-corrected chi connectivity index (χ1v) is 11.7. The summed E-state index contributed by atoms with van der Waals surface area (Å²) < 4.78 is 5.38. The summed E-state index contributed by atoms with van der Waals surface area (Å²) in [5, 5.41) is 13.1. The van der Waals surface area contributed by atoms with Crippen LogP contribution in [0.15, 0.2) is 0 Å². The van der Waals surface area contributed by atoms with E-state index in [1.807, 2.05) is 11.8 Å². The fraction of sp³-hybridized carbons (Fsp3) is 0.870. The smallest absolute Gasteiger partial charge is 0.228 e. The van der Waals surface area contributed by atoms with Crippen LogP contribution in [0.1, 0.15) is 65.2 Å².